The molecule has 1 aliphatic rings. The second-order valence-corrected chi connectivity index (χ2v) is 8.83. The summed E-state index contributed by atoms with van der Waals surface area (Å²) >= 11 is 5.91. The maximum Gasteiger partial charge on any atom is 0.315 e. The summed E-state index contributed by atoms with van der Waals surface area (Å²) in [5.74, 6) is 1.01. The Morgan fingerprint density at radius 1 is 1.05 bits per heavy atom. The van der Waals surface area contributed by atoms with Gasteiger partial charge in [0.25, 0.3) is 0 Å². The third-order valence-electron chi connectivity index (χ3n) is 5.75. The van der Waals surface area contributed by atoms with Crippen LogP contribution in [-0.2, 0) is 11.2 Å². The highest BCUT2D eigenvalue weighted by Gasteiger charge is 2.31. The van der Waals surface area contributed by atoms with Crippen LogP contribution < -0.4 is 24.7 Å². The molecule has 190 valence electrons. The van der Waals surface area contributed by atoms with Gasteiger partial charge in [-0.15, -0.1) is 0 Å². The number of carbonyl (C=O) groups excluding carboxylic acids is 1. The van der Waals surface area contributed by atoms with Crippen LogP contribution in [0.15, 0.2) is 72.1 Å². The van der Waals surface area contributed by atoms with Crippen molar-refractivity contribution in [3.8, 4) is 29.1 Å². The molecule has 0 radical (unpaired) electrons. The summed E-state index contributed by atoms with van der Waals surface area (Å²) in [5, 5.41) is 10.5. The van der Waals surface area contributed by atoms with Gasteiger partial charge in [0.1, 0.15) is 23.1 Å². The van der Waals surface area contributed by atoms with E-state index in [-0.39, 0.29) is 17.9 Å². The molecule has 0 saturated heterocycles. The fraction of sp³-hybridized carbons (Fsp3) is 0.241. The lowest BCUT2D eigenvalue weighted by Crippen LogP contribution is -2.21. The van der Waals surface area contributed by atoms with Crippen LogP contribution >= 0.6 is 11.6 Å². The topological polar surface area (TPSA) is 104 Å². The highest BCUT2D eigenvalue weighted by atomic mass is 35.5. The summed E-state index contributed by atoms with van der Waals surface area (Å²) in [6, 6.07) is 19.8. The number of nitrogens with zero attached hydrogens (tertiary/aromatic N) is 1. The molecule has 3 aromatic rings. The average molecular weight is 519 g/mol. The number of rotatable bonds is 9. The highest BCUT2D eigenvalue weighted by molar-refractivity contribution is 6.30. The third kappa shape index (κ3) is 5.99. The predicted octanol–water partition coefficient (Wildman–Crippen LogP) is 5.89. The molecule has 2 N–H and O–H groups in total. The minimum absolute atomic E-state index is 0.00564. The standard InChI is InChI=1S/C29H27ClN2O5/c1-3-13-35-24-12-7-19(15-26(24)34-4-2)28-22-11-10-21(16-25(22)37-29(32)23(28)17-31)36-27(33)14-18-5-8-20(30)9-6-18/h5-12,15-16,28H,3-4,13-14,32H2,1-2H3. The van der Waals surface area contributed by atoms with E-state index in [0.717, 1.165) is 17.5 Å². The zero-order valence-electron chi connectivity index (χ0n) is 20.6. The smallest absolute Gasteiger partial charge is 0.315 e. The summed E-state index contributed by atoms with van der Waals surface area (Å²) < 4.78 is 22.9. The van der Waals surface area contributed by atoms with Crippen molar-refractivity contribution < 1.29 is 23.7 Å². The molecule has 0 saturated carbocycles. The average Bonchev–Trinajstić information content (AvgIpc) is 2.88. The molecule has 1 heterocycles. The molecule has 1 atom stereocenters. The van der Waals surface area contributed by atoms with Gasteiger partial charge in [-0.3, -0.25) is 4.79 Å². The second kappa shape index (κ2) is 11.7. The first kappa shape index (κ1) is 25.9. The molecule has 0 spiro atoms. The van der Waals surface area contributed by atoms with E-state index in [4.69, 9.17) is 36.3 Å². The van der Waals surface area contributed by atoms with Gasteiger partial charge in [-0.05, 0) is 54.8 Å². The van der Waals surface area contributed by atoms with Gasteiger partial charge in [-0.25, -0.2) is 0 Å². The van der Waals surface area contributed by atoms with E-state index in [1.807, 2.05) is 32.0 Å². The van der Waals surface area contributed by atoms with Crippen molar-refractivity contribution >= 4 is 17.6 Å². The fourth-order valence-electron chi connectivity index (χ4n) is 4.08. The van der Waals surface area contributed by atoms with E-state index in [2.05, 4.69) is 6.07 Å². The van der Waals surface area contributed by atoms with Gasteiger partial charge in [-0.2, -0.15) is 5.26 Å². The molecule has 0 aliphatic carbocycles. The Morgan fingerprint density at radius 3 is 2.54 bits per heavy atom. The van der Waals surface area contributed by atoms with Gasteiger partial charge < -0.3 is 24.7 Å². The van der Waals surface area contributed by atoms with Crippen LogP contribution in [0.25, 0.3) is 0 Å². The van der Waals surface area contributed by atoms with Gasteiger partial charge in [0, 0.05) is 16.7 Å². The Kier molecular flexibility index (Phi) is 8.22. The number of carbonyl (C=O) groups is 1. The van der Waals surface area contributed by atoms with Crippen LogP contribution in [-0.4, -0.2) is 19.2 Å². The minimum Gasteiger partial charge on any atom is -0.490 e. The maximum atomic E-state index is 12.5. The van der Waals surface area contributed by atoms with Gasteiger partial charge in [0.2, 0.25) is 5.88 Å². The first-order valence-corrected chi connectivity index (χ1v) is 12.4. The summed E-state index contributed by atoms with van der Waals surface area (Å²) in [6.07, 6.45) is 0.954. The molecule has 8 heteroatoms. The van der Waals surface area contributed by atoms with Crippen molar-refractivity contribution in [1.29, 1.82) is 5.26 Å². The van der Waals surface area contributed by atoms with Crippen LogP contribution in [0.1, 0.15) is 42.9 Å². The predicted molar refractivity (Wildman–Crippen MR) is 140 cm³/mol. The molecular formula is C29H27ClN2O5. The van der Waals surface area contributed by atoms with E-state index in [9.17, 15) is 10.1 Å². The normalized spacial score (nSPS) is 14.3. The molecule has 0 aromatic heterocycles. The quantitative estimate of drug-likeness (QED) is 0.278. The van der Waals surface area contributed by atoms with Gasteiger partial charge in [0.15, 0.2) is 11.5 Å². The Morgan fingerprint density at radius 2 is 1.84 bits per heavy atom. The molecule has 0 fully saturated rings. The highest BCUT2D eigenvalue weighted by Crippen LogP contribution is 2.45. The molecule has 7 nitrogen and oxygen atoms in total. The number of nitriles is 1. The van der Waals surface area contributed by atoms with Crippen molar-refractivity contribution in [2.75, 3.05) is 13.2 Å². The number of hydrogen-bond acceptors (Lipinski definition) is 7. The third-order valence-corrected chi connectivity index (χ3v) is 6.00. The number of fused-ring (bicyclic) bond motifs is 1. The number of esters is 1. The molecular weight excluding hydrogens is 492 g/mol. The van der Waals surface area contributed by atoms with Crippen LogP contribution in [0.4, 0.5) is 0 Å². The zero-order valence-corrected chi connectivity index (χ0v) is 21.4. The Hall–Kier alpha value is -4.15. The molecule has 37 heavy (non-hydrogen) atoms. The van der Waals surface area contributed by atoms with Crippen molar-refractivity contribution in [3.63, 3.8) is 0 Å². The lowest BCUT2D eigenvalue weighted by molar-refractivity contribution is -0.133. The van der Waals surface area contributed by atoms with Gasteiger partial charge in [-0.1, -0.05) is 42.8 Å². The van der Waals surface area contributed by atoms with Crippen LogP contribution in [0.5, 0.6) is 23.0 Å². The Labute approximate surface area is 221 Å². The first-order chi connectivity index (χ1) is 17.9. The number of halogens is 1. The molecule has 0 amide bonds. The van der Waals surface area contributed by atoms with Crippen LogP contribution in [0.3, 0.4) is 0 Å². The Balaban J connectivity index is 1.63. The number of nitrogens with two attached hydrogens (primary N) is 1. The van der Waals surface area contributed by atoms with Crippen LogP contribution in [0.2, 0.25) is 5.02 Å². The fourth-order valence-corrected chi connectivity index (χ4v) is 4.21. The zero-order chi connectivity index (χ0) is 26.4. The maximum absolute atomic E-state index is 12.5. The summed E-state index contributed by atoms with van der Waals surface area (Å²) in [5.41, 5.74) is 8.73. The van der Waals surface area contributed by atoms with Crippen molar-refractivity contribution in [2.24, 2.45) is 5.73 Å². The van der Waals surface area contributed by atoms with Gasteiger partial charge in [0.05, 0.1) is 25.6 Å². The summed E-state index contributed by atoms with van der Waals surface area (Å²) in [6.45, 7) is 4.96. The molecule has 1 unspecified atom stereocenters. The SMILES string of the molecule is CCCOc1ccc(C2C(C#N)=C(N)Oc3cc(OC(=O)Cc4ccc(Cl)cc4)ccc32)cc1OCC. The van der Waals surface area contributed by atoms with E-state index < -0.39 is 11.9 Å². The van der Waals surface area contributed by atoms with Crippen molar-refractivity contribution in [2.45, 2.75) is 32.6 Å². The summed E-state index contributed by atoms with van der Waals surface area (Å²) in [7, 11) is 0. The van der Waals surface area contributed by atoms with E-state index in [0.29, 0.717) is 46.8 Å². The molecule has 4 rings (SSSR count). The first-order valence-electron chi connectivity index (χ1n) is 12.0. The van der Waals surface area contributed by atoms with E-state index in [1.165, 1.54) is 0 Å². The Bertz CT molecular complexity index is 1360. The van der Waals surface area contributed by atoms with Crippen molar-refractivity contribution in [3.05, 3.63) is 93.8 Å². The molecule has 0 bridgehead atoms. The number of ether oxygens (including phenoxy) is 4. The minimum atomic E-state index is -0.494. The van der Waals surface area contributed by atoms with Crippen molar-refractivity contribution in [1.82, 2.24) is 0 Å². The number of hydrogen-bond donors (Lipinski definition) is 1. The second-order valence-electron chi connectivity index (χ2n) is 8.39. The number of benzene rings is 3. The monoisotopic (exact) mass is 518 g/mol. The lowest BCUT2D eigenvalue weighted by atomic mass is 9.83. The van der Waals surface area contributed by atoms with E-state index in [1.54, 1.807) is 42.5 Å². The van der Waals surface area contributed by atoms with Crippen LogP contribution in [0, 0.1) is 11.3 Å². The van der Waals surface area contributed by atoms with Gasteiger partial charge >= 0.3 is 5.97 Å². The molecule has 1 aliphatic heterocycles. The molecule has 3 aromatic carbocycles. The number of allylic oxidation sites excluding steroid dienone is 1. The largest absolute Gasteiger partial charge is 0.490 e. The lowest BCUT2D eigenvalue weighted by Gasteiger charge is -2.27. The van der Waals surface area contributed by atoms with E-state index >= 15 is 0 Å². The summed E-state index contributed by atoms with van der Waals surface area (Å²) in [4.78, 5) is 12.5.